The fourth-order valence-corrected chi connectivity index (χ4v) is 3.36. The number of alkyl halides is 12. The molecule has 2 fully saturated rings. The Morgan fingerprint density at radius 1 is 0.640 bits per heavy atom. The van der Waals surface area contributed by atoms with E-state index in [-0.39, 0.29) is 19.3 Å². The monoisotopic (exact) mass is 397 g/mol. The second-order valence-electron chi connectivity index (χ2n) is 6.08. The molecule has 0 radical (unpaired) electrons. The van der Waals surface area contributed by atoms with Crippen LogP contribution in [0, 0.1) is 5.92 Å². The third-order valence-electron chi connectivity index (χ3n) is 4.61. The van der Waals surface area contributed by atoms with Crippen molar-refractivity contribution in [1.82, 2.24) is 4.90 Å². The second kappa shape index (κ2) is 5.32. The van der Waals surface area contributed by atoms with Crippen molar-refractivity contribution in [2.24, 2.45) is 5.92 Å². The summed E-state index contributed by atoms with van der Waals surface area (Å²) in [6.45, 7) is 0. The van der Waals surface area contributed by atoms with Gasteiger partial charge in [-0.05, 0) is 12.8 Å². The summed E-state index contributed by atoms with van der Waals surface area (Å²) in [5.74, 6) is -29.3. The van der Waals surface area contributed by atoms with E-state index in [9.17, 15) is 52.7 Å². The molecule has 2 aliphatic rings. The minimum atomic E-state index is -7.16. The first-order chi connectivity index (χ1) is 11.0. The van der Waals surface area contributed by atoms with E-state index in [4.69, 9.17) is 0 Å². The van der Waals surface area contributed by atoms with Crippen LogP contribution in [0.3, 0.4) is 0 Å². The molecular formula is C12H11F12N. The maximum atomic E-state index is 14.9. The Labute approximate surface area is 132 Å². The lowest BCUT2D eigenvalue weighted by Crippen LogP contribution is -2.86. The topological polar surface area (TPSA) is 3.24 Å². The summed E-state index contributed by atoms with van der Waals surface area (Å²) in [7, 11) is 0. The van der Waals surface area contributed by atoms with Crippen LogP contribution in [0.4, 0.5) is 52.7 Å². The van der Waals surface area contributed by atoms with E-state index < -0.39 is 59.6 Å². The van der Waals surface area contributed by atoms with Crippen molar-refractivity contribution in [2.45, 2.75) is 68.0 Å². The van der Waals surface area contributed by atoms with E-state index >= 15 is 0 Å². The third kappa shape index (κ3) is 2.29. The molecule has 148 valence electrons. The van der Waals surface area contributed by atoms with Crippen LogP contribution in [0.15, 0.2) is 0 Å². The Balaban J connectivity index is 2.79. The van der Waals surface area contributed by atoms with Crippen molar-refractivity contribution in [2.75, 3.05) is 0 Å². The fraction of sp³-hybridized carbons (Fsp3) is 1.00. The van der Waals surface area contributed by atoms with E-state index in [0.29, 0.717) is 0 Å². The van der Waals surface area contributed by atoms with Gasteiger partial charge in [-0.25, -0.2) is 4.39 Å². The molecule has 1 unspecified atom stereocenters. The first-order valence-electron chi connectivity index (χ1n) is 7.04. The first-order valence-corrected chi connectivity index (χ1v) is 7.04. The zero-order valence-corrected chi connectivity index (χ0v) is 12.1. The Morgan fingerprint density at radius 3 is 1.48 bits per heavy atom. The van der Waals surface area contributed by atoms with Crippen molar-refractivity contribution in [1.29, 1.82) is 0 Å². The number of hydrogen-bond donors (Lipinski definition) is 0. The van der Waals surface area contributed by atoms with Crippen LogP contribution in [-0.4, -0.2) is 40.8 Å². The van der Waals surface area contributed by atoms with Crippen molar-refractivity contribution in [3.8, 4) is 0 Å². The Hall–Kier alpha value is -0.880. The maximum absolute atomic E-state index is 14.9. The normalized spacial score (nSPS) is 35.5. The second-order valence-corrected chi connectivity index (χ2v) is 6.08. The smallest absolute Gasteiger partial charge is 0.218 e. The van der Waals surface area contributed by atoms with E-state index in [0.717, 1.165) is 0 Å². The van der Waals surface area contributed by atoms with Crippen LogP contribution in [0.5, 0.6) is 0 Å². The fourth-order valence-electron chi connectivity index (χ4n) is 3.36. The predicted octanol–water partition coefficient (Wildman–Crippen LogP) is 5.57. The molecule has 0 aromatic rings. The molecule has 1 atom stereocenters. The van der Waals surface area contributed by atoms with Crippen LogP contribution in [0.1, 0.15) is 32.1 Å². The highest BCUT2D eigenvalue weighted by Crippen LogP contribution is 2.68. The zero-order valence-electron chi connectivity index (χ0n) is 12.1. The lowest BCUT2D eigenvalue weighted by atomic mass is 9.73. The number of hydrogen-bond acceptors (Lipinski definition) is 1. The molecule has 1 heterocycles. The van der Waals surface area contributed by atoms with Gasteiger partial charge in [0.1, 0.15) is 0 Å². The highest BCUT2D eigenvalue weighted by Gasteiger charge is 2.97. The molecule has 1 aliphatic carbocycles. The first kappa shape index (κ1) is 20.4. The van der Waals surface area contributed by atoms with E-state index in [1.807, 2.05) is 0 Å². The number of nitrogens with zero attached hydrogens (tertiary/aromatic N) is 1. The Bertz CT molecular complexity index is 521. The molecule has 2 rings (SSSR count). The van der Waals surface area contributed by atoms with Gasteiger partial charge in [-0.15, -0.1) is 4.90 Å². The Kier molecular flexibility index (Phi) is 4.35. The standard InChI is InChI=1S/C12H11F12N/c13-7(6-4-2-1-3-5-6)8(14,15)9(16,17)10(18,19)11(20,21)25(7)12(22,23)24/h6H,1-5H2. The zero-order chi connectivity index (χ0) is 19.7. The van der Waals surface area contributed by atoms with E-state index in [1.54, 1.807) is 0 Å². The van der Waals surface area contributed by atoms with Crippen molar-refractivity contribution >= 4 is 0 Å². The van der Waals surface area contributed by atoms with Crippen LogP contribution < -0.4 is 0 Å². The van der Waals surface area contributed by atoms with Gasteiger partial charge in [-0.2, -0.15) is 48.3 Å². The Morgan fingerprint density at radius 2 is 1.08 bits per heavy atom. The van der Waals surface area contributed by atoms with Crippen LogP contribution in [0.25, 0.3) is 0 Å². The van der Waals surface area contributed by atoms with Gasteiger partial charge in [-0.3, -0.25) is 0 Å². The molecule has 1 aliphatic heterocycles. The summed E-state index contributed by atoms with van der Waals surface area (Å²) in [6, 6.07) is -6.93. The highest BCUT2D eigenvalue weighted by atomic mass is 19.4. The molecular weight excluding hydrogens is 386 g/mol. The van der Waals surface area contributed by atoms with Gasteiger partial charge < -0.3 is 0 Å². The van der Waals surface area contributed by atoms with E-state index in [1.165, 1.54) is 0 Å². The van der Waals surface area contributed by atoms with Gasteiger partial charge >= 0.3 is 30.1 Å². The minimum Gasteiger partial charge on any atom is -0.218 e. The molecule has 0 spiro atoms. The number of piperidine rings is 1. The molecule has 13 heteroatoms. The number of halogens is 12. The molecule has 0 amide bonds. The van der Waals surface area contributed by atoms with Crippen molar-refractivity contribution in [3.05, 3.63) is 0 Å². The summed E-state index contributed by atoms with van der Waals surface area (Å²) in [5.41, 5.74) is 0. The third-order valence-corrected chi connectivity index (χ3v) is 4.61. The van der Waals surface area contributed by atoms with Crippen LogP contribution in [0.2, 0.25) is 0 Å². The van der Waals surface area contributed by atoms with Gasteiger partial charge in [0, 0.05) is 5.92 Å². The maximum Gasteiger partial charge on any atom is 0.467 e. The average Bonchev–Trinajstić information content (AvgIpc) is 2.44. The molecule has 0 aromatic carbocycles. The quantitative estimate of drug-likeness (QED) is 0.413. The predicted molar refractivity (Wildman–Crippen MR) is 58.1 cm³/mol. The minimum absolute atomic E-state index is 0.203. The summed E-state index contributed by atoms with van der Waals surface area (Å²) >= 11 is 0. The van der Waals surface area contributed by atoms with Crippen LogP contribution >= 0.6 is 0 Å². The molecule has 0 aromatic heterocycles. The molecule has 1 saturated carbocycles. The summed E-state index contributed by atoms with van der Waals surface area (Å²) in [6.07, 6.45) is -8.68. The molecule has 0 N–H and O–H groups in total. The summed E-state index contributed by atoms with van der Waals surface area (Å²) in [5, 5.41) is 0. The van der Waals surface area contributed by atoms with Gasteiger partial charge in [0.15, 0.2) is 0 Å². The van der Waals surface area contributed by atoms with Crippen molar-refractivity contribution < 1.29 is 52.7 Å². The molecule has 1 nitrogen and oxygen atoms in total. The molecule has 25 heavy (non-hydrogen) atoms. The van der Waals surface area contributed by atoms with Crippen LogP contribution in [-0.2, 0) is 0 Å². The lowest BCUT2D eigenvalue weighted by Gasteiger charge is -2.57. The van der Waals surface area contributed by atoms with E-state index in [2.05, 4.69) is 0 Å². The highest BCUT2D eigenvalue weighted by molar-refractivity contribution is 5.19. The lowest BCUT2D eigenvalue weighted by molar-refractivity contribution is -0.533. The number of rotatable bonds is 1. The summed E-state index contributed by atoms with van der Waals surface area (Å²) < 4.78 is 162. The molecule has 0 bridgehead atoms. The van der Waals surface area contributed by atoms with Gasteiger partial charge in [0.05, 0.1) is 0 Å². The van der Waals surface area contributed by atoms with Crippen molar-refractivity contribution in [3.63, 3.8) is 0 Å². The average molecular weight is 397 g/mol. The van der Waals surface area contributed by atoms with Gasteiger partial charge in [0.25, 0.3) is 0 Å². The van der Waals surface area contributed by atoms with Gasteiger partial charge in [0.2, 0.25) is 5.79 Å². The van der Waals surface area contributed by atoms with Gasteiger partial charge in [-0.1, -0.05) is 19.3 Å². The number of likely N-dealkylation sites (tertiary alicyclic amines) is 1. The SMILES string of the molecule is FC(F)(F)N1C(F)(F)C(F)(F)C(F)(F)C(F)(F)C1(F)C1CCCCC1. The molecule has 1 saturated heterocycles. The summed E-state index contributed by atoms with van der Waals surface area (Å²) in [4.78, 5) is -3.01. The largest absolute Gasteiger partial charge is 0.467 e.